The first-order chi connectivity index (χ1) is 12.5. The van der Waals surface area contributed by atoms with E-state index in [4.69, 9.17) is 14.2 Å². The topological polar surface area (TPSA) is 44.8 Å². The van der Waals surface area contributed by atoms with Gasteiger partial charge in [0.15, 0.2) is 5.78 Å². The zero-order valence-corrected chi connectivity index (χ0v) is 15.7. The highest BCUT2D eigenvalue weighted by molar-refractivity contribution is 6.03. The molecule has 0 N–H and O–H groups in total. The lowest BCUT2D eigenvalue weighted by molar-refractivity contribution is 0.0842. The fourth-order valence-electron chi connectivity index (χ4n) is 3.20. The molecule has 1 aliphatic heterocycles. The molecule has 4 heteroatoms. The van der Waals surface area contributed by atoms with Gasteiger partial charge in [-0.1, -0.05) is 42.0 Å². The summed E-state index contributed by atoms with van der Waals surface area (Å²) >= 11 is 0. The van der Waals surface area contributed by atoms with Crippen molar-refractivity contribution in [2.24, 2.45) is 0 Å². The molecule has 0 saturated carbocycles. The zero-order chi connectivity index (χ0) is 18.7. The van der Waals surface area contributed by atoms with Crippen LogP contribution in [-0.4, -0.2) is 20.0 Å². The first-order valence-electron chi connectivity index (χ1n) is 8.71. The summed E-state index contributed by atoms with van der Waals surface area (Å²) in [6.07, 6.45) is 2.72. The number of carbonyl (C=O) groups excluding carboxylic acids is 1. The minimum atomic E-state index is -0.307. The Bertz CT molecular complexity index is 833. The van der Waals surface area contributed by atoms with Crippen LogP contribution in [0.2, 0.25) is 0 Å². The molecule has 136 valence electrons. The second kappa shape index (κ2) is 7.65. The van der Waals surface area contributed by atoms with Crippen molar-refractivity contribution in [1.82, 2.24) is 0 Å². The lowest BCUT2D eigenvalue weighted by Gasteiger charge is -2.29. The lowest BCUT2D eigenvalue weighted by atomic mass is 9.92. The third-order valence-corrected chi connectivity index (χ3v) is 4.54. The van der Waals surface area contributed by atoms with E-state index in [0.717, 1.165) is 11.1 Å². The molecule has 0 amide bonds. The first kappa shape index (κ1) is 18.1. The summed E-state index contributed by atoms with van der Waals surface area (Å²) in [5, 5.41) is 0. The summed E-state index contributed by atoms with van der Waals surface area (Å²) in [5.41, 5.74) is 3.57. The molecular weight excluding hydrogens is 328 g/mol. The Morgan fingerprint density at radius 3 is 2.46 bits per heavy atom. The summed E-state index contributed by atoms with van der Waals surface area (Å²) in [6, 6.07) is 11.6. The average Bonchev–Trinajstić information content (AvgIpc) is 2.65. The van der Waals surface area contributed by atoms with E-state index in [-0.39, 0.29) is 11.9 Å². The number of allylic oxidation sites excluding steroid dienone is 2. The predicted molar refractivity (Wildman–Crippen MR) is 101 cm³/mol. The molecule has 0 radical (unpaired) electrons. The van der Waals surface area contributed by atoms with E-state index in [9.17, 15) is 4.79 Å². The number of carbonyl (C=O) groups is 1. The minimum absolute atomic E-state index is 0.0260. The second-order valence-electron chi connectivity index (χ2n) is 6.59. The molecule has 1 heterocycles. The van der Waals surface area contributed by atoms with Crippen LogP contribution in [0.5, 0.6) is 17.2 Å². The molecule has 1 atom stereocenters. The number of hydrogen-bond acceptors (Lipinski definition) is 4. The summed E-state index contributed by atoms with van der Waals surface area (Å²) in [6.45, 7) is 4.09. The highest BCUT2D eigenvalue weighted by Gasteiger charge is 2.34. The van der Waals surface area contributed by atoms with E-state index in [1.54, 1.807) is 20.3 Å². The van der Waals surface area contributed by atoms with Crippen molar-refractivity contribution < 1.29 is 19.0 Å². The van der Waals surface area contributed by atoms with Gasteiger partial charge in [0.05, 0.1) is 20.6 Å². The van der Waals surface area contributed by atoms with E-state index >= 15 is 0 Å². The molecule has 3 rings (SSSR count). The van der Waals surface area contributed by atoms with Crippen molar-refractivity contribution in [2.45, 2.75) is 32.8 Å². The van der Waals surface area contributed by atoms with Gasteiger partial charge in [-0.05, 0) is 25.8 Å². The van der Waals surface area contributed by atoms with Crippen LogP contribution in [-0.2, 0) is 6.42 Å². The Balaban J connectivity index is 2.14. The van der Waals surface area contributed by atoms with Crippen molar-refractivity contribution in [3.05, 3.63) is 64.7 Å². The molecule has 0 aliphatic carbocycles. The van der Waals surface area contributed by atoms with Gasteiger partial charge in [0, 0.05) is 11.6 Å². The average molecular weight is 352 g/mol. The molecule has 0 bridgehead atoms. The normalized spacial score (nSPS) is 15.7. The van der Waals surface area contributed by atoms with Gasteiger partial charge < -0.3 is 14.2 Å². The second-order valence-corrected chi connectivity index (χ2v) is 6.59. The number of hydrogen-bond donors (Lipinski definition) is 0. The Kier molecular flexibility index (Phi) is 5.31. The molecule has 1 aliphatic rings. The SMILES string of the molecule is COc1cc(OC)c2c(c1CC=C(C)C)O[C@@H](c1ccccc1)CC2=O. The maximum atomic E-state index is 12.9. The smallest absolute Gasteiger partial charge is 0.174 e. The number of ether oxygens (including phenoxy) is 3. The fraction of sp³-hybridized carbons (Fsp3) is 0.318. The van der Waals surface area contributed by atoms with Crippen molar-refractivity contribution in [1.29, 1.82) is 0 Å². The largest absolute Gasteiger partial charge is 0.496 e. The van der Waals surface area contributed by atoms with E-state index in [1.807, 2.05) is 44.2 Å². The summed E-state index contributed by atoms with van der Waals surface area (Å²) in [5.74, 6) is 1.76. The highest BCUT2D eigenvalue weighted by atomic mass is 16.5. The minimum Gasteiger partial charge on any atom is -0.496 e. The number of rotatable bonds is 5. The third kappa shape index (κ3) is 3.45. The van der Waals surface area contributed by atoms with Crippen LogP contribution in [0.25, 0.3) is 0 Å². The highest BCUT2D eigenvalue weighted by Crippen LogP contribution is 2.46. The Hall–Kier alpha value is -2.75. The van der Waals surface area contributed by atoms with Gasteiger partial charge in [-0.25, -0.2) is 0 Å². The van der Waals surface area contributed by atoms with Crippen molar-refractivity contribution in [2.75, 3.05) is 14.2 Å². The quantitative estimate of drug-likeness (QED) is 0.717. The standard InChI is InChI=1S/C22H24O4/c1-14(2)10-11-16-19(24-3)13-20(25-4)21-17(23)12-18(26-22(16)21)15-8-6-5-7-9-15/h5-10,13,18H,11-12H2,1-4H3/t18-/m1/s1. The molecule has 0 saturated heterocycles. The van der Waals surface area contributed by atoms with Crippen LogP contribution in [0.15, 0.2) is 48.0 Å². The fourth-order valence-corrected chi connectivity index (χ4v) is 3.20. The van der Waals surface area contributed by atoms with Crippen molar-refractivity contribution in [3.8, 4) is 17.2 Å². The monoisotopic (exact) mass is 352 g/mol. The van der Waals surface area contributed by atoms with Crippen LogP contribution in [0.4, 0.5) is 0 Å². The summed E-state index contributed by atoms with van der Waals surface area (Å²) in [7, 11) is 3.17. The number of Topliss-reactive ketones (excluding diaryl/α,β-unsaturated/α-hetero) is 1. The van der Waals surface area contributed by atoms with Crippen LogP contribution in [0.1, 0.15) is 47.9 Å². The molecule has 2 aromatic rings. The molecule has 0 spiro atoms. The zero-order valence-electron chi connectivity index (χ0n) is 15.7. The van der Waals surface area contributed by atoms with Gasteiger partial charge in [0.25, 0.3) is 0 Å². The van der Waals surface area contributed by atoms with E-state index < -0.39 is 0 Å². The summed E-state index contributed by atoms with van der Waals surface area (Å²) in [4.78, 5) is 12.9. The van der Waals surface area contributed by atoms with Crippen LogP contribution in [0.3, 0.4) is 0 Å². The van der Waals surface area contributed by atoms with Crippen LogP contribution in [0, 0.1) is 0 Å². The third-order valence-electron chi connectivity index (χ3n) is 4.54. The number of fused-ring (bicyclic) bond motifs is 1. The molecule has 4 nitrogen and oxygen atoms in total. The predicted octanol–water partition coefficient (Wildman–Crippen LogP) is 4.92. The van der Waals surface area contributed by atoms with Gasteiger partial charge in [0.2, 0.25) is 0 Å². The van der Waals surface area contributed by atoms with Gasteiger partial charge in [-0.3, -0.25) is 4.79 Å². The van der Waals surface area contributed by atoms with Gasteiger partial charge in [-0.15, -0.1) is 0 Å². The van der Waals surface area contributed by atoms with Crippen molar-refractivity contribution >= 4 is 5.78 Å². The van der Waals surface area contributed by atoms with E-state index in [2.05, 4.69) is 6.08 Å². The Morgan fingerprint density at radius 1 is 1.15 bits per heavy atom. The number of benzene rings is 2. The molecule has 26 heavy (non-hydrogen) atoms. The first-order valence-corrected chi connectivity index (χ1v) is 8.71. The van der Waals surface area contributed by atoms with E-state index in [0.29, 0.717) is 35.7 Å². The van der Waals surface area contributed by atoms with Gasteiger partial charge in [0.1, 0.15) is 28.9 Å². The Labute approximate surface area is 154 Å². The maximum absolute atomic E-state index is 12.9. The van der Waals surface area contributed by atoms with Crippen molar-refractivity contribution in [3.63, 3.8) is 0 Å². The number of methoxy groups -OCH3 is 2. The molecule has 0 unspecified atom stereocenters. The lowest BCUT2D eigenvalue weighted by Crippen LogP contribution is -2.22. The Morgan fingerprint density at radius 2 is 1.85 bits per heavy atom. The maximum Gasteiger partial charge on any atom is 0.174 e. The molecule has 0 aromatic heterocycles. The van der Waals surface area contributed by atoms with Gasteiger partial charge in [-0.2, -0.15) is 0 Å². The molecule has 2 aromatic carbocycles. The van der Waals surface area contributed by atoms with Gasteiger partial charge >= 0.3 is 0 Å². The molecular formula is C22H24O4. The summed E-state index contributed by atoms with van der Waals surface area (Å²) < 4.78 is 17.3. The van der Waals surface area contributed by atoms with Crippen LogP contribution < -0.4 is 14.2 Å². The van der Waals surface area contributed by atoms with Crippen LogP contribution >= 0.6 is 0 Å². The molecule has 0 fully saturated rings. The number of ketones is 1. The van der Waals surface area contributed by atoms with E-state index in [1.165, 1.54) is 5.57 Å².